The molecule has 0 aromatic heterocycles. The minimum Gasteiger partial charge on any atom is -0.339 e. The monoisotopic (exact) mass is 800 g/mol. The van der Waals surface area contributed by atoms with Gasteiger partial charge in [-0.3, -0.25) is 29.8 Å². The smallest absolute Gasteiger partial charge is 0.269 e. The molecule has 2 fully saturated rings. The highest BCUT2D eigenvalue weighted by Gasteiger charge is 2.18. The number of rotatable bonds is 7. The standard InChI is InChI=1S/C12H14N2O3.C7H4ClNO3.C6H15N.C5H11N.CH2Cl2.CH5NO2S.CH4/c15-12(13-8-2-1-3-9-13)10-4-6-11(7-5-10)14(16)17;8-7(10)5-1-3-6(4-2-5)9(11)12;1-4-7(5-2)6-3;1-2-4-6-5-3-1;2-1-3;1-5(2,3)4;/h4-7H,1-3,8-9H2;1-4H;4-6H2,1-3H3;6H,1-5H2;1H2;1H3,(H2,2,3,4);1H4. The van der Waals surface area contributed by atoms with Crippen molar-refractivity contribution in [3.05, 3.63) is 79.9 Å². The quantitative estimate of drug-likeness (QED) is 0.124. The average Bonchev–Trinajstić information content (AvgIpc) is 3.10. The van der Waals surface area contributed by atoms with Gasteiger partial charge in [-0.2, -0.15) is 0 Å². The molecule has 292 valence electrons. The number of piperidine rings is 2. The summed E-state index contributed by atoms with van der Waals surface area (Å²) in [6, 6.07) is 10.9. The minimum atomic E-state index is -3.17. The molecule has 0 bridgehead atoms. The predicted octanol–water partition coefficient (Wildman–Crippen LogP) is 7.27. The third-order valence-corrected chi connectivity index (χ3v) is 7.04. The summed E-state index contributed by atoms with van der Waals surface area (Å²) in [6.07, 6.45) is 8.40. The van der Waals surface area contributed by atoms with Crippen molar-refractivity contribution in [2.45, 2.75) is 66.7 Å². The molecule has 2 aliphatic rings. The molecule has 0 radical (unpaired) electrons. The molecule has 51 heavy (non-hydrogen) atoms. The highest BCUT2D eigenvalue weighted by Crippen LogP contribution is 2.16. The molecule has 18 heteroatoms. The predicted molar refractivity (Wildman–Crippen MR) is 209 cm³/mol. The number of nitrogens with zero attached hydrogens (tertiary/aromatic N) is 4. The topological polar surface area (TPSA) is 199 Å². The molecule has 1 amide bonds. The number of nitro groups is 2. The molecule has 0 aliphatic carbocycles. The van der Waals surface area contributed by atoms with Gasteiger partial charge in [0.1, 0.15) is 0 Å². The highest BCUT2D eigenvalue weighted by atomic mass is 35.5. The number of benzene rings is 2. The van der Waals surface area contributed by atoms with Crippen molar-refractivity contribution in [2.24, 2.45) is 5.14 Å². The van der Waals surface area contributed by atoms with Crippen LogP contribution in [0.2, 0.25) is 0 Å². The van der Waals surface area contributed by atoms with E-state index < -0.39 is 25.1 Å². The number of nitro benzene ring substituents is 2. The first-order valence-corrected chi connectivity index (χ1v) is 19.5. The Morgan fingerprint density at radius 1 is 0.784 bits per heavy atom. The van der Waals surface area contributed by atoms with E-state index in [0.717, 1.165) is 32.2 Å². The van der Waals surface area contributed by atoms with E-state index in [1.807, 2.05) is 4.90 Å². The molecule has 2 heterocycles. The zero-order valence-corrected chi connectivity index (χ0v) is 32.3. The number of nitrogens with one attached hydrogen (secondary N) is 1. The number of alkyl halides is 2. The second kappa shape index (κ2) is 31.8. The summed E-state index contributed by atoms with van der Waals surface area (Å²) >= 11 is 14.7. The van der Waals surface area contributed by atoms with Crippen LogP contribution in [0.5, 0.6) is 0 Å². The molecule has 2 aliphatic heterocycles. The van der Waals surface area contributed by atoms with Crippen LogP contribution < -0.4 is 10.5 Å². The van der Waals surface area contributed by atoms with Crippen molar-refractivity contribution in [2.75, 3.05) is 57.4 Å². The van der Waals surface area contributed by atoms with Gasteiger partial charge in [0.2, 0.25) is 10.0 Å². The van der Waals surface area contributed by atoms with Crippen LogP contribution in [0.3, 0.4) is 0 Å². The Labute approximate surface area is 318 Å². The zero-order chi connectivity index (χ0) is 38.5. The zero-order valence-electron chi connectivity index (χ0n) is 29.2. The van der Waals surface area contributed by atoms with Crippen molar-refractivity contribution in [1.29, 1.82) is 0 Å². The van der Waals surface area contributed by atoms with Crippen LogP contribution in [0, 0.1) is 20.2 Å². The van der Waals surface area contributed by atoms with Gasteiger partial charge in [-0.25, -0.2) is 13.6 Å². The summed E-state index contributed by atoms with van der Waals surface area (Å²) in [7, 11) is -3.17. The number of nitrogens with two attached hydrogens (primary N) is 1. The molecule has 4 rings (SSSR count). The Morgan fingerprint density at radius 2 is 1.12 bits per heavy atom. The van der Waals surface area contributed by atoms with Gasteiger partial charge in [0, 0.05) is 48.5 Å². The van der Waals surface area contributed by atoms with Crippen molar-refractivity contribution in [3.63, 3.8) is 0 Å². The maximum atomic E-state index is 12.0. The van der Waals surface area contributed by atoms with Crippen LogP contribution in [-0.2, 0) is 10.0 Å². The number of primary sulfonamides is 1. The maximum absolute atomic E-state index is 12.0. The molecule has 3 N–H and O–H groups in total. The summed E-state index contributed by atoms with van der Waals surface area (Å²) in [5.74, 6) is -0.0282. The van der Waals surface area contributed by atoms with Crippen LogP contribution >= 0.6 is 34.8 Å². The summed E-state index contributed by atoms with van der Waals surface area (Å²) < 4.78 is 18.8. The summed E-state index contributed by atoms with van der Waals surface area (Å²) in [5.41, 5.74) is 0.733. The Kier molecular flexibility index (Phi) is 32.7. The average molecular weight is 802 g/mol. The van der Waals surface area contributed by atoms with Crippen LogP contribution in [0.4, 0.5) is 11.4 Å². The van der Waals surface area contributed by atoms with E-state index in [1.54, 1.807) is 0 Å². The third kappa shape index (κ3) is 29.4. The number of hydrogen-bond acceptors (Lipinski definition) is 10. The third-order valence-electron chi connectivity index (χ3n) is 6.82. The number of likely N-dealkylation sites (tertiary alicyclic amines) is 1. The lowest BCUT2D eigenvalue weighted by Crippen LogP contribution is -2.35. The van der Waals surface area contributed by atoms with Crippen molar-refractivity contribution >= 4 is 67.4 Å². The second-order valence-electron chi connectivity index (χ2n) is 10.6. The largest absolute Gasteiger partial charge is 0.339 e. The fourth-order valence-corrected chi connectivity index (χ4v) is 4.32. The molecular formula is C33H55Cl3N6O8S. The van der Waals surface area contributed by atoms with E-state index >= 15 is 0 Å². The van der Waals surface area contributed by atoms with Crippen molar-refractivity contribution in [3.8, 4) is 0 Å². The molecule has 2 aromatic carbocycles. The fourth-order valence-electron chi connectivity index (χ4n) is 4.19. The molecule has 0 saturated carbocycles. The van der Waals surface area contributed by atoms with Gasteiger partial charge in [-0.15, -0.1) is 23.2 Å². The van der Waals surface area contributed by atoms with E-state index in [9.17, 15) is 38.2 Å². The summed E-state index contributed by atoms with van der Waals surface area (Å²) in [6.45, 7) is 14.2. The second-order valence-corrected chi connectivity index (χ2v) is 13.4. The van der Waals surface area contributed by atoms with Crippen LogP contribution in [0.15, 0.2) is 48.5 Å². The highest BCUT2D eigenvalue weighted by molar-refractivity contribution is 7.88. The number of hydrogen-bond donors (Lipinski definition) is 2. The number of halogens is 3. The van der Waals surface area contributed by atoms with Gasteiger partial charge in [-0.1, -0.05) is 34.6 Å². The number of non-ortho nitro benzene ring substituents is 2. The van der Waals surface area contributed by atoms with Gasteiger partial charge >= 0.3 is 0 Å². The maximum Gasteiger partial charge on any atom is 0.269 e. The first kappa shape index (κ1) is 52.4. The number of carbonyl (C=O) groups excluding carboxylic acids is 2. The van der Waals surface area contributed by atoms with Crippen molar-refractivity contribution < 1.29 is 27.9 Å². The molecule has 0 atom stereocenters. The van der Waals surface area contributed by atoms with Crippen LogP contribution in [-0.4, -0.2) is 96.6 Å². The normalized spacial score (nSPS) is 13.2. The first-order valence-electron chi connectivity index (χ1n) is 16.1. The lowest BCUT2D eigenvalue weighted by atomic mass is 10.1. The van der Waals surface area contributed by atoms with Gasteiger partial charge in [0.25, 0.3) is 22.5 Å². The van der Waals surface area contributed by atoms with E-state index in [1.165, 1.54) is 107 Å². The van der Waals surface area contributed by atoms with Gasteiger partial charge in [0.05, 0.1) is 21.4 Å². The summed E-state index contributed by atoms with van der Waals surface area (Å²) in [5, 5.41) is 27.8. The number of sulfonamides is 1. The Hall–Kier alpha value is -2.92. The molecule has 14 nitrogen and oxygen atoms in total. The van der Waals surface area contributed by atoms with E-state index in [0.29, 0.717) is 5.56 Å². The first-order chi connectivity index (χ1) is 23.6. The summed E-state index contributed by atoms with van der Waals surface area (Å²) in [4.78, 5) is 46.4. The van der Waals surface area contributed by atoms with Gasteiger partial charge in [0.15, 0.2) is 0 Å². The van der Waals surface area contributed by atoms with E-state index in [-0.39, 0.29) is 35.6 Å². The Balaban J connectivity index is -0.000000593. The number of amides is 1. The van der Waals surface area contributed by atoms with Crippen molar-refractivity contribution in [1.82, 2.24) is 15.1 Å². The molecule has 0 unspecified atom stereocenters. The molecule has 2 saturated heterocycles. The van der Waals surface area contributed by atoms with Crippen LogP contribution in [0.1, 0.15) is 87.4 Å². The Morgan fingerprint density at radius 3 is 1.35 bits per heavy atom. The molecule has 2 aromatic rings. The molecular weight excluding hydrogens is 747 g/mol. The minimum absolute atomic E-state index is 0. The van der Waals surface area contributed by atoms with E-state index in [4.69, 9.17) is 34.8 Å². The van der Waals surface area contributed by atoms with Gasteiger partial charge in [-0.05, 0) is 101 Å². The lowest BCUT2D eigenvalue weighted by molar-refractivity contribution is -0.385. The Bertz CT molecular complexity index is 1280. The number of carbonyl (C=O) groups is 2. The lowest BCUT2D eigenvalue weighted by Gasteiger charge is -2.26. The van der Waals surface area contributed by atoms with Gasteiger partial charge < -0.3 is 15.1 Å². The van der Waals surface area contributed by atoms with Crippen LogP contribution in [0.25, 0.3) is 0 Å². The molecule has 0 spiro atoms. The SMILES string of the molecule is C.C1CCNCC1.CCN(CC)CC.CS(N)(=O)=O.ClCCl.O=C(Cl)c1ccc([N+](=O)[O-])cc1.O=C(c1ccc([N+](=O)[O-])cc1)N1CCCCC1. The fraction of sp³-hybridized carbons (Fsp3) is 0.576. The van der Waals surface area contributed by atoms with E-state index in [2.05, 4.69) is 36.1 Å².